The molecule has 12 heterocycles. The molecule has 0 aliphatic heterocycles. The minimum atomic E-state index is -2.72. The fraction of sp³-hybridized carbons (Fsp3) is 0.354. The van der Waals surface area contributed by atoms with E-state index in [1.807, 2.05) is 120 Å². The van der Waals surface area contributed by atoms with Crippen LogP contribution in [0, 0.1) is 94.1 Å². The molecule has 0 bridgehead atoms. The maximum atomic E-state index is 9.01. The first-order valence-corrected chi connectivity index (χ1v) is 37.3. The van der Waals surface area contributed by atoms with E-state index in [0.29, 0.717) is 84.6 Å². The van der Waals surface area contributed by atoms with Gasteiger partial charge in [0, 0.05) is 161 Å². The summed E-state index contributed by atoms with van der Waals surface area (Å²) in [5, 5.41) is 6.61. The van der Waals surface area contributed by atoms with Crippen molar-refractivity contribution in [2.45, 2.75) is 194 Å². The first-order chi connectivity index (χ1) is 63.4. The van der Waals surface area contributed by atoms with Crippen LogP contribution in [0.2, 0.25) is 0 Å². The summed E-state index contributed by atoms with van der Waals surface area (Å²) < 4.78 is 247. The van der Waals surface area contributed by atoms with Gasteiger partial charge in [0.05, 0.1) is 22.3 Å². The van der Waals surface area contributed by atoms with Crippen LogP contribution in [0.3, 0.4) is 0 Å². The molecule has 12 aromatic heterocycles. The topological polar surface area (TPSA) is 120 Å². The van der Waals surface area contributed by atoms with E-state index in [1.165, 1.54) is 13.8 Å². The largest absolute Gasteiger partial charge is 0.437 e. The van der Waals surface area contributed by atoms with E-state index in [4.69, 9.17) is 59.7 Å². The molecule has 4 aromatic carbocycles. The summed E-state index contributed by atoms with van der Waals surface area (Å²) in [5.41, 5.74) is 18.1. The van der Waals surface area contributed by atoms with Crippen LogP contribution in [-0.4, -0.2) is 19.9 Å². The van der Waals surface area contributed by atoms with E-state index >= 15 is 0 Å². The molecule has 0 amide bonds. The third kappa shape index (κ3) is 15.2. The molecule has 1 aliphatic carbocycles. The predicted octanol–water partition coefficient (Wildman–Crippen LogP) is 23.7. The van der Waals surface area contributed by atoms with Crippen molar-refractivity contribution >= 4 is 88.3 Å². The molecule has 0 N–H and O–H groups in total. The molecule has 1 aliphatic rings. The molecule has 12 nitrogen and oxygen atoms in total. The maximum Gasteiger partial charge on any atom is 0.227 e. The van der Waals surface area contributed by atoms with Crippen LogP contribution in [0.5, 0.6) is 0 Å². The highest BCUT2D eigenvalue weighted by Crippen LogP contribution is 2.43. The summed E-state index contributed by atoms with van der Waals surface area (Å²) in [5.74, 6) is -3.85. The van der Waals surface area contributed by atoms with Gasteiger partial charge in [-0.15, -0.1) is 0 Å². The number of nitrogens with zero attached hydrogens (tertiary/aromatic N) is 8. The Balaban J connectivity index is 0.000000147. The van der Waals surface area contributed by atoms with Crippen molar-refractivity contribution in [3.05, 3.63) is 236 Å². The Labute approximate surface area is 693 Å². The number of aryl methyl sites for hydroxylation is 16. The minimum absolute atomic E-state index is 0.00968. The van der Waals surface area contributed by atoms with Gasteiger partial charge in [-0.05, 0) is 213 Å². The van der Waals surface area contributed by atoms with Crippen LogP contribution in [0.15, 0.2) is 164 Å². The molecule has 1 fully saturated rings. The van der Waals surface area contributed by atoms with Gasteiger partial charge in [0.15, 0.2) is 47.1 Å². The van der Waals surface area contributed by atoms with Gasteiger partial charge in [0.2, 0.25) is 45.6 Å². The van der Waals surface area contributed by atoms with E-state index in [-0.39, 0.29) is 59.3 Å². The van der Waals surface area contributed by atoms with Gasteiger partial charge in [0.1, 0.15) is 28.2 Å². The lowest BCUT2D eigenvalue weighted by Crippen LogP contribution is -2.31. The van der Waals surface area contributed by atoms with Crippen LogP contribution >= 0.6 is 0 Å². The number of furan rings is 4. The van der Waals surface area contributed by atoms with Crippen LogP contribution in [0.4, 0.5) is 0 Å². The summed E-state index contributed by atoms with van der Waals surface area (Å²) in [6, 6.07) is 37.7. The van der Waals surface area contributed by atoms with Gasteiger partial charge >= 0.3 is 0 Å². The Morgan fingerprint density at radius 3 is 1.11 bits per heavy atom. The molecule has 1 atom stereocenters. The van der Waals surface area contributed by atoms with Gasteiger partial charge in [-0.1, -0.05) is 123 Å². The number of fused-ring (bicyclic) bond motifs is 12. The molecule has 17 rings (SSSR count). The fourth-order valence-corrected chi connectivity index (χ4v) is 14.8. The lowest BCUT2D eigenvalue weighted by atomic mass is 9.86. The van der Waals surface area contributed by atoms with Crippen LogP contribution < -0.4 is 18.3 Å². The minimum Gasteiger partial charge on any atom is -0.437 e. The molecule has 12 heteroatoms. The zero-order valence-corrected chi connectivity index (χ0v) is 66.1. The molecule has 568 valence electrons. The van der Waals surface area contributed by atoms with Gasteiger partial charge < -0.3 is 17.7 Å². The quantitative estimate of drug-likeness (QED) is 0.138. The SMILES string of the molecule is [2H]C([2H])([2H])c1c[n+](C)c(-c2c(C)ccc3c2oc2nc(C(C)(C)C)ccc23)cc1C.[2H]C([2H])([2H])c1c[n+](C)c(-c2c(C)ccc3c2oc2nc(C4([2H])C([2H])([2H])CCCC4([2H])[2H])ccc23)cc1C.[2H]C([2H])([2H])c1c[n+](C)c(-c2c(C)ccc3c2oc2nc(CC(C)(C([2H])([2H])[2H])C([2H])([2H])[2H])ccc23)cc1C.[2H]C([2H])([2H])c1c[n+](C)c(-c2c(C)ccc3c2oc2nc(CC([2H])(C)C([2H])([2H])[2H])ccc23)cc1C. The second kappa shape index (κ2) is 30.2. The number of hydrogen-bond donors (Lipinski definition) is 0. The van der Waals surface area contributed by atoms with Crippen molar-refractivity contribution in [3.63, 3.8) is 0 Å². The molecular weight excluding hydrogens is 1370 g/mol. The molecule has 0 saturated heterocycles. The van der Waals surface area contributed by atoms with Crippen LogP contribution in [0.1, 0.15) is 220 Å². The summed E-state index contributed by atoms with van der Waals surface area (Å²) in [6.45, 7) is 7.38. The summed E-state index contributed by atoms with van der Waals surface area (Å²) in [4.78, 5) is 18.4. The Morgan fingerprint density at radius 2 is 0.748 bits per heavy atom. The van der Waals surface area contributed by atoms with E-state index in [0.717, 1.165) is 116 Å². The second-order valence-electron chi connectivity index (χ2n) is 31.1. The lowest BCUT2D eigenvalue weighted by Gasteiger charge is -2.20. The Bertz CT molecular complexity index is 7510. The smallest absolute Gasteiger partial charge is 0.227 e. The third-order valence-electron chi connectivity index (χ3n) is 20.9. The number of rotatable bonds is 8. The van der Waals surface area contributed by atoms with Crippen molar-refractivity contribution in [3.8, 4) is 45.0 Å². The van der Waals surface area contributed by atoms with Crippen LogP contribution in [-0.2, 0) is 46.4 Å². The highest BCUT2D eigenvalue weighted by atomic mass is 16.4. The molecule has 111 heavy (non-hydrogen) atoms. The number of benzene rings is 4. The van der Waals surface area contributed by atoms with Crippen LogP contribution in [0.25, 0.3) is 133 Å². The summed E-state index contributed by atoms with van der Waals surface area (Å²) >= 11 is 0. The molecule has 1 unspecified atom stereocenters. The van der Waals surface area contributed by atoms with E-state index in [9.17, 15) is 0 Å². The van der Waals surface area contributed by atoms with Gasteiger partial charge in [-0.25, -0.2) is 38.2 Å². The first-order valence-electron chi connectivity index (χ1n) is 50.8. The number of hydrogen-bond acceptors (Lipinski definition) is 8. The highest BCUT2D eigenvalue weighted by molar-refractivity contribution is 6.12. The second-order valence-corrected chi connectivity index (χ2v) is 31.1. The third-order valence-corrected chi connectivity index (χ3v) is 20.9. The monoisotopic (exact) mass is 1500 g/mol. The molecule has 16 aromatic rings. The Morgan fingerprint density at radius 1 is 0.414 bits per heavy atom. The van der Waals surface area contributed by atoms with Gasteiger partial charge in [0.25, 0.3) is 0 Å². The average Bonchev–Trinajstić information content (AvgIpc) is 1.25. The van der Waals surface area contributed by atoms with Crippen molar-refractivity contribution < 1.29 is 72.9 Å². The zero-order valence-electron chi connectivity index (χ0n) is 93.1. The number of aromatic nitrogens is 8. The van der Waals surface area contributed by atoms with E-state index in [2.05, 4.69) is 60.0 Å². The first kappa shape index (κ1) is 50.2. The number of pyridine rings is 8. The summed E-state index contributed by atoms with van der Waals surface area (Å²) in [7, 11) is 7.26. The van der Waals surface area contributed by atoms with Crippen molar-refractivity contribution in [2.75, 3.05) is 0 Å². The fourth-order valence-electron chi connectivity index (χ4n) is 14.8. The predicted molar refractivity (Wildman–Crippen MR) is 456 cm³/mol. The van der Waals surface area contributed by atoms with Crippen molar-refractivity contribution in [1.29, 1.82) is 0 Å². The van der Waals surface area contributed by atoms with E-state index < -0.39 is 77.9 Å². The Kier molecular flexibility index (Phi) is 13.7. The molecule has 1 saturated carbocycles. The lowest BCUT2D eigenvalue weighted by molar-refractivity contribution is -0.660. The van der Waals surface area contributed by atoms with Gasteiger partial charge in [-0.2, -0.15) is 0 Å². The molecule has 0 radical (unpaired) electrons. The maximum absolute atomic E-state index is 9.01. The Hall–Kier alpha value is -10.7. The standard InChI is InChI=1S/C26H29N2O.C25H29N2O.2C24H27N2O/c1-16-10-11-20-21-12-13-22(19-8-6-5-7-9-19)27-26(21)29-25(20)24(16)23-14-17(2)18(3)15-28(23)4;1-15-8-10-19-20-11-9-18(13-25(4,5)6)26-24(20)28-23(19)22(15)21-12-16(2)17(3)14-27(21)7;1-14-8-9-17-18-10-11-20(24(4,5)6)25-23(18)27-22(17)21(14)19-12-15(2)16(3)13-26(19)7;1-14(2)11-18-8-10-20-19-9-7-15(3)22(23(19)27-24(20)25-18)21-12-16(4)17(5)13-26(21)6/h10-15,19H,5-9H2,1-4H3;8-12,14H,13H2,1-7H3;8-13H,1-7H3;7-10,12-14H,11H2,1-6H3/q4*+1/i3D3,8D2,9D2,19D;3D3,4D3,5D3;3D3;1D3,5D3,14D. The van der Waals surface area contributed by atoms with Crippen molar-refractivity contribution in [2.24, 2.45) is 39.5 Å². The zero-order chi connectivity index (χ0) is 102. The van der Waals surface area contributed by atoms with Gasteiger partial charge in [-0.3, -0.25) is 0 Å². The average molecular weight is 1510 g/mol. The molecular formula is C99H112N8O4+4. The normalized spacial score (nSPS) is 19.1. The van der Waals surface area contributed by atoms with E-state index in [1.54, 1.807) is 104 Å². The van der Waals surface area contributed by atoms with Crippen molar-refractivity contribution in [1.82, 2.24) is 19.9 Å². The molecule has 0 spiro atoms. The summed E-state index contributed by atoms with van der Waals surface area (Å²) in [6.07, 6.45) is 2.60. The highest BCUT2D eigenvalue weighted by Gasteiger charge is 2.29.